The van der Waals surface area contributed by atoms with Crippen molar-refractivity contribution < 1.29 is 23.9 Å². The Balaban J connectivity index is 3.12. The number of carbonyl (C=O) groups is 3. The maximum Gasteiger partial charge on any atom is 0.407 e. The average Bonchev–Trinajstić information content (AvgIpc) is 2.53. The first-order chi connectivity index (χ1) is 11.0. The summed E-state index contributed by atoms with van der Waals surface area (Å²) >= 11 is 0. The molecule has 6 heteroatoms. The molecule has 0 saturated carbocycles. The van der Waals surface area contributed by atoms with Gasteiger partial charge in [0.25, 0.3) is 0 Å². The Hall–Kier alpha value is -2.63. The van der Waals surface area contributed by atoms with Gasteiger partial charge in [0.2, 0.25) is 0 Å². The molecule has 1 amide bonds. The number of alkyl carbamates (subject to hydrolysis) is 1. The van der Waals surface area contributed by atoms with Gasteiger partial charge in [-0.2, -0.15) is 0 Å². The number of esters is 1. The van der Waals surface area contributed by atoms with Gasteiger partial charge in [-0.15, -0.1) is 0 Å². The van der Waals surface area contributed by atoms with Crippen LogP contribution in [0.3, 0.4) is 0 Å². The summed E-state index contributed by atoms with van der Waals surface area (Å²) in [5.41, 5.74) is 0.608. The summed E-state index contributed by atoms with van der Waals surface area (Å²) in [6.07, 6.45) is 0.704. The smallest absolute Gasteiger partial charge is 0.407 e. The third-order valence-electron chi connectivity index (χ3n) is 3.08. The van der Waals surface area contributed by atoms with Crippen molar-refractivity contribution in [2.75, 3.05) is 13.2 Å². The third-order valence-corrected chi connectivity index (χ3v) is 3.08. The van der Waals surface area contributed by atoms with Crippen LogP contribution in [-0.2, 0) is 19.1 Å². The van der Waals surface area contributed by atoms with Crippen LogP contribution >= 0.6 is 0 Å². The van der Waals surface area contributed by atoms with E-state index in [4.69, 9.17) is 9.47 Å². The van der Waals surface area contributed by atoms with Crippen molar-refractivity contribution in [1.82, 2.24) is 5.32 Å². The molecule has 0 spiro atoms. The van der Waals surface area contributed by atoms with Crippen molar-refractivity contribution in [2.45, 2.75) is 19.9 Å². The Bertz CT molecular complexity index is 555. The van der Waals surface area contributed by atoms with E-state index in [2.05, 4.69) is 11.9 Å². The largest absolute Gasteiger partial charge is 0.461 e. The number of ether oxygens (including phenoxy) is 2. The summed E-state index contributed by atoms with van der Waals surface area (Å²) in [6, 6.07) is 7.86. The second-order valence-corrected chi connectivity index (χ2v) is 4.76. The molecule has 0 fully saturated rings. The van der Waals surface area contributed by atoms with Crippen LogP contribution in [0, 0.1) is 5.92 Å². The molecule has 2 atom stereocenters. The quantitative estimate of drug-likeness (QED) is 0.452. The molecule has 0 aliphatic carbocycles. The molecule has 0 saturated heterocycles. The van der Waals surface area contributed by atoms with E-state index in [0.717, 1.165) is 0 Å². The monoisotopic (exact) mass is 319 g/mol. The minimum absolute atomic E-state index is 0.0104. The highest BCUT2D eigenvalue weighted by molar-refractivity contribution is 5.99. The van der Waals surface area contributed by atoms with E-state index in [1.165, 1.54) is 13.0 Å². The zero-order valence-corrected chi connectivity index (χ0v) is 13.3. The predicted molar refractivity (Wildman–Crippen MR) is 84.7 cm³/mol. The van der Waals surface area contributed by atoms with Crippen molar-refractivity contribution in [3.8, 4) is 0 Å². The molecular weight excluding hydrogens is 298 g/mol. The predicted octanol–water partition coefficient (Wildman–Crippen LogP) is 2.41. The fourth-order valence-electron chi connectivity index (χ4n) is 2.09. The fourth-order valence-corrected chi connectivity index (χ4v) is 2.09. The number of amides is 1. The summed E-state index contributed by atoms with van der Waals surface area (Å²) in [6.45, 7) is 6.57. The topological polar surface area (TPSA) is 81.7 Å². The van der Waals surface area contributed by atoms with Crippen molar-refractivity contribution >= 4 is 17.8 Å². The molecule has 0 aromatic heterocycles. The van der Waals surface area contributed by atoms with Crippen LogP contribution in [0.1, 0.15) is 25.5 Å². The van der Waals surface area contributed by atoms with Crippen molar-refractivity contribution in [1.29, 1.82) is 0 Å². The number of rotatable bonds is 8. The van der Waals surface area contributed by atoms with Crippen LogP contribution in [0.15, 0.2) is 43.0 Å². The van der Waals surface area contributed by atoms with Crippen LogP contribution in [0.2, 0.25) is 0 Å². The van der Waals surface area contributed by atoms with Crippen LogP contribution in [-0.4, -0.2) is 31.1 Å². The highest BCUT2D eigenvalue weighted by Gasteiger charge is 2.36. The highest BCUT2D eigenvalue weighted by Crippen LogP contribution is 2.24. The number of ketones is 1. The molecule has 0 aliphatic rings. The lowest BCUT2D eigenvalue weighted by atomic mass is 9.90. The Morgan fingerprint density at radius 1 is 1.22 bits per heavy atom. The minimum Gasteiger partial charge on any atom is -0.461 e. The molecule has 1 N–H and O–H groups in total. The van der Waals surface area contributed by atoms with Gasteiger partial charge in [-0.1, -0.05) is 43.0 Å². The second kappa shape index (κ2) is 9.40. The summed E-state index contributed by atoms with van der Waals surface area (Å²) < 4.78 is 9.84. The summed E-state index contributed by atoms with van der Waals surface area (Å²) in [4.78, 5) is 36.0. The minimum atomic E-state index is -1.17. The van der Waals surface area contributed by atoms with Gasteiger partial charge in [-0.05, 0) is 19.4 Å². The van der Waals surface area contributed by atoms with Gasteiger partial charge in [0.1, 0.15) is 18.3 Å². The van der Waals surface area contributed by atoms with Gasteiger partial charge >= 0.3 is 12.1 Å². The molecule has 1 rings (SSSR count). The lowest BCUT2D eigenvalue weighted by Gasteiger charge is -2.25. The van der Waals surface area contributed by atoms with E-state index >= 15 is 0 Å². The summed E-state index contributed by atoms with van der Waals surface area (Å²) in [7, 11) is 0. The molecule has 1 aromatic carbocycles. The van der Waals surface area contributed by atoms with Crippen molar-refractivity contribution in [3.63, 3.8) is 0 Å². The van der Waals surface area contributed by atoms with Crippen molar-refractivity contribution in [2.24, 2.45) is 5.92 Å². The average molecular weight is 319 g/mol. The van der Waals surface area contributed by atoms with E-state index in [9.17, 15) is 14.4 Å². The van der Waals surface area contributed by atoms with Crippen LogP contribution in [0.4, 0.5) is 4.79 Å². The van der Waals surface area contributed by atoms with Crippen molar-refractivity contribution in [3.05, 3.63) is 48.6 Å². The number of Topliss-reactive ketones (excluding diaryl/α,β-unsaturated/α-hetero) is 1. The van der Waals surface area contributed by atoms with E-state index < -0.39 is 29.8 Å². The van der Waals surface area contributed by atoms with Gasteiger partial charge in [0.05, 0.1) is 12.6 Å². The van der Waals surface area contributed by atoms with Gasteiger partial charge in [-0.3, -0.25) is 9.59 Å². The van der Waals surface area contributed by atoms with E-state index in [1.807, 2.05) is 0 Å². The number of hydrogen-bond donors (Lipinski definition) is 1. The first-order valence-electron chi connectivity index (χ1n) is 7.27. The van der Waals surface area contributed by atoms with Crippen LogP contribution < -0.4 is 5.32 Å². The molecule has 1 aromatic rings. The molecule has 0 bridgehead atoms. The molecule has 124 valence electrons. The van der Waals surface area contributed by atoms with E-state index in [1.54, 1.807) is 37.3 Å². The molecule has 0 aliphatic heterocycles. The normalized spacial score (nSPS) is 12.6. The lowest BCUT2D eigenvalue weighted by molar-refractivity contribution is -0.151. The maximum absolute atomic E-state index is 12.2. The highest BCUT2D eigenvalue weighted by atomic mass is 16.5. The molecular formula is C17H21NO5. The summed E-state index contributed by atoms with van der Waals surface area (Å²) in [5, 5.41) is 2.56. The number of benzene rings is 1. The molecule has 23 heavy (non-hydrogen) atoms. The molecule has 1 unspecified atom stereocenters. The number of carbonyl (C=O) groups excluding carboxylic acids is 3. The second-order valence-electron chi connectivity index (χ2n) is 4.76. The SMILES string of the molecule is C=CCOC(=O)C(C(C)=O)[C@@H](NC(=O)OCC)c1ccccc1. The van der Waals surface area contributed by atoms with Gasteiger partial charge < -0.3 is 14.8 Å². The zero-order valence-electron chi connectivity index (χ0n) is 13.3. The lowest BCUT2D eigenvalue weighted by Crippen LogP contribution is -2.41. The summed E-state index contributed by atoms with van der Waals surface area (Å²) in [5.74, 6) is -2.30. The third kappa shape index (κ3) is 5.58. The number of nitrogens with one attached hydrogen (secondary N) is 1. The van der Waals surface area contributed by atoms with Gasteiger partial charge in [0, 0.05) is 0 Å². The Kier molecular flexibility index (Phi) is 7.53. The fraction of sp³-hybridized carbons (Fsp3) is 0.353. The Morgan fingerprint density at radius 2 is 1.87 bits per heavy atom. The van der Waals surface area contributed by atoms with Gasteiger partial charge in [-0.25, -0.2) is 4.79 Å². The maximum atomic E-state index is 12.2. The Labute approximate surface area is 135 Å². The van der Waals surface area contributed by atoms with Crippen LogP contribution in [0.5, 0.6) is 0 Å². The van der Waals surface area contributed by atoms with E-state index in [0.29, 0.717) is 5.56 Å². The zero-order chi connectivity index (χ0) is 17.2. The molecule has 0 heterocycles. The Morgan fingerprint density at radius 3 is 2.39 bits per heavy atom. The number of hydrogen-bond acceptors (Lipinski definition) is 5. The van der Waals surface area contributed by atoms with E-state index in [-0.39, 0.29) is 13.2 Å². The standard InChI is InChI=1S/C17H21NO5/c1-4-11-23-16(20)14(12(3)19)15(18-17(21)22-5-2)13-9-7-6-8-10-13/h4,6-10,14-15H,1,5,11H2,2-3H3,(H,18,21)/t14?,15-/m0/s1. The molecule has 6 nitrogen and oxygen atoms in total. The first-order valence-corrected chi connectivity index (χ1v) is 7.27. The molecule has 0 radical (unpaired) electrons. The van der Waals surface area contributed by atoms with Crippen LogP contribution in [0.25, 0.3) is 0 Å². The van der Waals surface area contributed by atoms with Gasteiger partial charge in [0.15, 0.2) is 0 Å². The first kappa shape index (κ1) is 18.4.